The van der Waals surface area contributed by atoms with E-state index in [0.717, 1.165) is 43.2 Å². The first kappa shape index (κ1) is 19.1. The third kappa shape index (κ3) is 4.72. The number of thiophene rings is 1. The highest BCUT2D eigenvalue weighted by Crippen LogP contribution is 2.25. The first-order valence-electron chi connectivity index (χ1n) is 9.19. The monoisotopic (exact) mass is 376 g/mol. The van der Waals surface area contributed by atoms with Crippen LogP contribution in [-0.4, -0.2) is 60.6 Å². The van der Waals surface area contributed by atoms with E-state index < -0.39 is 0 Å². The van der Waals surface area contributed by atoms with Gasteiger partial charge >= 0.3 is 0 Å². The number of hydrogen-bond donors (Lipinski definition) is 1. The fraction of sp³-hybridized carbons (Fsp3) is 0.579. The molecule has 0 spiro atoms. The second-order valence-corrected chi connectivity index (χ2v) is 7.96. The van der Waals surface area contributed by atoms with E-state index in [9.17, 15) is 4.79 Å². The minimum atomic E-state index is 0.0840. The molecular formula is C19H28N4O2S. The smallest absolute Gasteiger partial charge is 0.220 e. The van der Waals surface area contributed by atoms with Crippen LogP contribution in [0.3, 0.4) is 0 Å². The maximum absolute atomic E-state index is 12.4. The molecule has 3 rings (SSSR count). The second-order valence-electron chi connectivity index (χ2n) is 6.98. The molecule has 1 aliphatic rings. The average Bonchev–Trinajstić information content (AvgIpc) is 3.26. The van der Waals surface area contributed by atoms with E-state index in [2.05, 4.69) is 44.8 Å². The number of hydrogen-bond acceptors (Lipinski definition) is 6. The summed E-state index contributed by atoms with van der Waals surface area (Å²) in [6, 6.07) is 4.51. The lowest BCUT2D eigenvalue weighted by atomic mass is 10.1. The van der Waals surface area contributed by atoms with E-state index in [0.29, 0.717) is 19.4 Å². The summed E-state index contributed by atoms with van der Waals surface area (Å²) in [4.78, 5) is 18.5. The molecule has 1 amide bonds. The topological polar surface area (TPSA) is 61.6 Å². The average molecular weight is 377 g/mol. The molecule has 0 aromatic carbocycles. The summed E-state index contributed by atoms with van der Waals surface area (Å²) in [6.07, 6.45) is 1.13. The zero-order valence-electron chi connectivity index (χ0n) is 15.8. The van der Waals surface area contributed by atoms with Gasteiger partial charge in [-0.05, 0) is 38.8 Å². The predicted octanol–water partition coefficient (Wildman–Crippen LogP) is 2.39. The normalized spacial score (nSPS) is 17.3. The Kier molecular flexibility index (Phi) is 6.45. The van der Waals surface area contributed by atoms with Crippen LogP contribution < -0.4 is 5.32 Å². The van der Waals surface area contributed by atoms with Gasteiger partial charge in [0, 0.05) is 49.6 Å². The molecule has 6 nitrogen and oxygen atoms in total. The Morgan fingerprint density at radius 3 is 2.73 bits per heavy atom. The maximum Gasteiger partial charge on any atom is 0.220 e. The van der Waals surface area contributed by atoms with Crippen LogP contribution in [0.1, 0.15) is 34.4 Å². The Hall–Kier alpha value is -1.70. The van der Waals surface area contributed by atoms with Gasteiger partial charge in [-0.15, -0.1) is 11.3 Å². The Morgan fingerprint density at radius 2 is 2.12 bits per heavy atom. The van der Waals surface area contributed by atoms with E-state index in [4.69, 9.17) is 4.52 Å². The van der Waals surface area contributed by atoms with Crippen molar-refractivity contribution in [3.8, 4) is 0 Å². The van der Waals surface area contributed by atoms with E-state index in [1.54, 1.807) is 11.3 Å². The van der Waals surface area contributed by atoms with Crippen LogP contribution in [0.4, 0.5) is 0 Å². The number of rotatable bonds is 7. The molecule has 3 heterocycles. The van der Waals surface area contributed by atoms with Crippen molar-refractivity contribution in [1.29, 1.82) is 0 Å². The number of nitrogens with one attached hydrogen (secondary N) is 1. The van der Waals surface area contributed by atoms with Crippen molar-refractivity contribution in [3.63, 3.8) is 0 Å². The van der Waals surface area contributed by atoms with Gasteiger partial charge in [-0.2, -0.15) is 0 Å². The van der Waals surface area contributed by atoms with Gasteiger partial charge in [-0.25, -0.2) is 0 Å². The molecule has 2 aromatic heterocycles. The van der Waals surface area contributed by atoms with Gasteiger partial charge in [-0.1, -0.05) is 11.2 Å². The second kappa shape index (κ2) is 8.79. The van der Waals surface area contributed by atoms with Crippen molar-refractivity contribution in [2.24, 2.45) is 0 Å². The van der Waals surface area contributed by atoms with Gasteiger partial charge in [-0.3, -0.25) is 9.69 Å². The third-order valence-electron chi connectivity index (χ3n) is 5.13. The lowest BCUT2D eigenvalue weighted by molar-refractivity contribution is -0.121. The molecule has 1 fully saturated rings. The van der Waals surface area contributed by atoms with Crippen LogP contribution in [0, 0.1) is 13.8 Å². The van der Waals surface area contributed by atoms with Crippen molar-refractivity contribution in [2.75, 3.05) is 39.8 Å². The lowest BCUT2D eigenvalue weighted by Gasteiger charge is -2.37. The van der Waals surface area contributed by atoms with Gasteiger partial charge in [0.1, 0.15) is 5.76 Å². The Balaban J connectivity index is 1.55. The summed E-state index contributed by atoms with van der Waals surface area (Å²) >= 11 is 1.77. The van der Waals surface area contributed by atoms with Crippen LogP contribution in [-0.2, 0) is 11.2 Å². The molecule has 0 saturated carbocycles. The summed E-state index contributed by atoms with van der Waals surface area (Å²) < 4.78 is 5.17. The van der Waals surface area contributed by atoms with Crippen LogP contribution >= 0.6 is 11.3 Å². The summed E-state index contributed by atoms with van der Waals surface area (Å²) in [7, 11) is 2.16. The number of likely N-dealkylation sites (N-methyl/N-ethyl adjacent to an activating group) is 1. The zero-order valence-corrected chi connectivity index (χ0v) is 16.6. The maximum atomic E-state index is 12.4. The van der Waals surface area contributed by atoms with Crippen LogP contribution in [0.2, 0.25) is 0 Å². The molecular weight excluding hydrogens is 348 g/mol. The number of carbonyl (C=O) groups excluding carboxylic acids is 1. The molecule has 1 saturated heterocycles. The number of amides is 1. The molecule has 0 bridgehead atoms. The highest BCUT2D eigenvalue weighted by atomic mass is 32.1. The quantitative estimate of drug-likeness (QED) is 0.804. The fourth-order valence-electron chi connectivity index (χ4n) is 3.42. The summed E-state index contributed by atoms with van der Waals surface area (Å²) in [5, 5.41) is 9.20. The molecule has 1 atom stereocenters. The summed E-state index contributed by atoms with van der Waals surface area (Å²) in [6.45, 7) is 8.69. The predicted molar refractivity (Wildman–Crippen MR) is 103 cm³/mol. The molecule has 0 aliphatic carbocycles. The van der Waals surface area contributed by atoms with Crippen molar-refractivity contribution < 1.29 is 9.32 Å². The van der Waals surface area contributed by atoms with Crippen molar-refractivity contribution in [1.82, 2.24) is 20.3 Å². The van der Waals surface area contributed by atoms with E-state index in [-0.39, 0.29) is 11.9 Å². The van der Waals surface area contributed by atoms with Gasteiger partial charge in [0.05, 0.1) is 11.7 Å². The number of piperazine rings is 1. The molecule has 142 valence electrons. The van der Waals surface area contributed by atoms with Crippen molar-refractivity contribution >= 4 is 17.2 Å². The molecule has 2 aromatic rings. The highest BCUT2D eigenvalue weighted by Gasteiger charge is 2.25. The van der Waals surface area contributed by atoms with E-state index in [1.807, 2.05) is 13.8 Å². The number of aromatic nitrogens is 1. The zero-order chi connectivity index (χ0) is 18.5. The van der Waals surface area contributed by atoms with Crippen molar-refractivity contribution in [2.45, 2.75) is 32.7 Å². The fourth-order valence-corrected chi connectivity index (χ4v) is 4.28. The Morgan fingerprint density at radius 1 is 1.35 bits per heavy atom. The molecule has 0 radical (unpaired) electrons. The number of aryl methyl sites for hydroxylation is 2. The molecule has 7 heteroatoms. The first-order chi connectivity index (χ1) is 12.5. The summed E-state index contributed by atoms with van der Waals surface area (Å²) in [5.74, 6) is 0.893. The SMILES string of the molecule is Cc1noc(C)c1CCC(=O)NC[C@H](c1cccs1)N1CCN(C)CC1. The standard InChI is InChI=1S/C19H28N4O2S/c1-14-16(15(2)25-21-14)6-7-19(24)20-13-17(18-5-4-12-26-18)23-10-8-22(3)9-11-23/h4-5,12,17H,6-11,13H2,1-3H3,(H,20,24)/t17-/m1/s1. The highest BCUT2D eigenvalue weighted by molar-refractivity contribution is 7.10. The first-order valence-corrected chi connectivity index (χ1v) is 10.1. The molecule has 1 aliphatic heterocycles. The van der Waals surface area contributed by atoms with Crippen LogP contribution in [0.5, 0.6) is 0 Å². The minimum absolute atomic E-state index is 0.0840. The molecule has 0 unspecified atom stereocenters. The molecule has 26 heavy (non-hydrogen) atoms. The van der Waals surface area contributed by atoms with Crippen LogP contribution in [0.25, 0.3) is 0 Å². The van der Waals surface area contributed by atoms with E-state index in [1.165, 1.54) is 4.88 Å². The molecule has 1 N–H and O–H groups in total. The van der Waals surface area contributed by atoms with Gasteiger partial charge < -0.3 is 14.7 Å². The Labute approximate surface area is 159 Å². The number of nitrogens with zero attached hydrogens (tertiary/aromatic N) is 3. The van der Waals surface area contributed by atoms with Gasteiger partial charge in [0.2, 0.25) is 5.91 Å². The van der Waals surface area contributed by atoms with Crippen molar-refractivity contribution in [3.05, 3.63) is 39.4 Å². The van der Waals surface area contributed by atoms with Gasteiger partial charge in [0.25, 0.3) is 0 Å². The van der Waals surface area contributed by atoms with Gasteiger partial charge in [0.15, 0.2) is 0 Å². The third-order valence-corrected chi connectivity index (χ3v) is 6.10. The van der Waals surface area contributed by atoms with E-state index >= 15 is 0 Å². The number of carbonyl (C=O) groups is 1. The summed E-state index contributed by atoms with van der Waals surface area (Å²) in [5.41, 5.74) is 1.93. The lowest BCUT2D eigenvalue weighted by Crippen LogP contribution is -2.48. The Bertz CT molecular complexity index is 686. The van der Waals surface area contributed by atoms with Crippen LogP contribution in [0.15, 0.2) is 22.0 Å². The minimum Gasteiger partial charge on any atom is -0.361 e. The largest absolute Gasteiger partial charge is 0.361 e.